The van der Waals surface area contributed by atoms with Crippen molar-refractivity contribution in [2.24, 2.45) is 0 Å². The number of amides is 2. The number of nitrogens with two attached hydrogens (primary N) is 1. The Morgan fingerprint density at radius 3 is 2.52 bits per heavy atom. The van der Waals surface area contributed by atoms with Crippen LogP contribution in [0.15, 0.2) is 16.6 Å². The van der Waals surface area contributed by atoms with Crippen LogP contribution in [-0.2, 0) is 4.79 Å². The molecule has 114 valence electrons. The zero-order valence-electron chi connectivity index (χ0n) is 12.3. The summed E-state index contributed by atoms with van der Waals surface area (Å²) in [5.41, 5.74) is 7.98. The Bertz CT molecular complexity index is 566. The van der Waals surface area contributed by atoms with Gasteiger partial charge >= 0.3 is 0 Å². The van der Waals surface area contributed by atoms with E-state index in [4.69, 9.17) is 5.73 Å². The Hall–Kier alpha value is -1.56. The van der Waals surface area contributed by atoms with Gasteiger partial charge < -0.3 is 16.0 Å². The summed E-state index contributed by atoms with van der Waals surface area (Å²) < 4.78 is 0.807. The second-order valence-electron chi connectivity index (χ2n) is 5.43. The van der Waals surface area contributed by atoms with Crippen molar-refractivity contribution < 1.29 is 9.59 Å². The molecule has 5 nitrogen and oxygen atoms in total. The van der Waals surface area contributed by atoms with Crippen LogP contribution in [0.4, 0.5) is 5.69 Å². The second kappa shape index (κ2) is 6.47. The fourth-order valence-electron chi connectivity index (χ4n) is 2.61. The van der Waals surface area contributed by atoms with Gasteiger partial charge in [0.2, 0.25) is 5.91 Å². The van der Waals surface area contributed by atoms with Crippen molar-refractivity contribution in [2.45, 2.75) is 32.7 Å². The normalized spacial score (nSPS) is 15.9. The van der Waals surface area contributed by atoms with Crippen LogP contribution in [0.2, 0.25) is 0 Å². The zero-order valence-corrected chi connectivity index (χ0v) is 13.9. The van der Waals surface area contributed by atoms with E-state index in [1.54, 1.807) is 6.07 Å². The molecule has 0 unspecified atom stereocenters. The molecule has 0 radical (unpaired) electrons. The minimum absolute atomic E-state index is 0.00164. The number of nitrogens with zero attached hydrogens (tertiary/aromatic N) is 1. The maximum Gasteiger partial charge on any atom is 0.254 e. The lowest BCUT2D eigenvalue weighted by atomic mass is 10.0. The smallest absolute Gasteiger partial charge is 0.254 e. The van der Waals surface area contributed by atoms with E-state index < -0.39 is 0 Å². The summed E-state index contributed by atoms with van der Waals surface area (Å²) in [5.74, 6) is -0.0165. The largest absolute Gasteiger partial charge is 0.398 e. The fraction of sp³-hybridized carbons (Fsp3) is 0.467. The summed E-state index contributed by atoms with van der Waals surface area (Å²) in [4.78, 5) is 25.5. The Labute approximate surface area is 133 Å². The maximum atomic E-state index is 12.6. The summed E-state index contributed by atoms with van der Waals surface area (Å²) in [6, 6.07) is 3.78. The molecule has 3 N–H and O–H groups in total. The van der Waals surface area contributed by atoms with Crippen molar-refractivity contribution in [3.05, 3.63) is 27.7 Å². The van der Waals surface area contributed by atoms with Crippen molar-refractivity contribution >= 4 is 33.4 Å². The molecule has 1 aliphatic heterocycles. The SMILES string of the molecule is CC(=O)NC1CCN(C(=O)c2cc(Br)cc(N)c2C)CC1. The highest BCUT2D eigenvalue weighted by atomic mass is 79.9. The van der Waals surface area contributed by atoms with Crippen LogP contribution in [-0.4, -0.2) is 35.8 Å². The number of likely N-dealkylation sites (tertiary alicyclic amines) is 1. The third kappa shape index (κ3) is 3.75. The van der Waals surface area contributed by atoms with E-state index in [0.717, 1.165) is 22.9 Å². The van der Waals surface area contributed by atoms with Crippen LogP contribution in [0.3, 0.4) is 0 Å². The number of nitrogens with one attached hydrogen (secondary N) is 1. The average molecular weight is 354 g/mol. The number of nitrogen functional groups attached to an aromatic ring is 1. The van der Waals surface area contributed by atoms with Gasteiger partial charge in [-0.15, -0.1) is 0 Å². The van der Waals surface area contributed by atoms with Crippen molar-refractivity contribution in [3.8, 4) is 0 Å². The van der Waals surface area contributed by atoms with E-state index in [-0.39, 0.29) is 17.9 Å². The molecule has 1 aromatic rings. The molecule has 0 aromatic heterocycles. The Kier molecular flexibility index (Phi) is 4.88. The van der Waals surface area contributed by atoms with Crippen LogP contribution in [0.25, 0.3) is 0 Å². The number of carbonyl (C=O) groups excluding carboxylic acids is 2. The number of carbonyl (C=O) groups is 2. The Morgan fingerprint density at radius 1 is 1.33 bits per heavy atom. The first-order chi connectivity index (χ1) is 9.88. The topological polar surface area (TPSA) is 75.4 Å². The summed E-state index contributed by atoms with van der Waals surface area (Å²) >= 11 is 3.38. The van der Waals surface area contributed by atoms with Gasteiger partial charge in [-0.05, 0) is 37.5 Å². The summed E-state index contributed by atoms with van der Waals surface area (Å²) in [6.45, 7) is 4.68. The van der Waals surface area contributed by atoms with Gasteiger partial charge in [0.1, 0.15) is 0 Å². The average Bonchev–Trinajstić information content (AvgIpc) is 2.42. The summed E-state index contributed by atoms with van der Waals surface area (Å²) in [7, 11) is 0. The zero-order chi connectivity index (χ0) is 15.6. The third-order valence-corrected chi connectivity index (χ3v) is 4.29. The van der Waals surface area contributed by atoms with E-state index in [9.17, 15) is 9.59 Å². The van der Waals surface area contributed by atoms with Crippen LogP contribution < -0.4 is 11.1 Å². The van der Waals surface area contributed by atoms with Crippen molar-refractivity contribution in [2.75, 3.05) is 18.8 Å². The van der Waals surface area contributed by atoms with Gasteiger partial charge in [0.05, 0.1) is 0 Å². The molecule has 0 saturated carbocycles. The van der Waals surface area contributed by atoms with E-state index in [1.807, 2.05) is 17.9 Å². The molecule has 0 aliphatic carbocycles. The quantitative estimate of drug-likeness (QED) is 0.799. The highest BCUT2D eigenvalue weighted by Gasteiger charge is 2.25. The van der Waals surface area contributed by atoms with Gasteiger partial charge in [-0.25, -0.2) is 0 Å². The highest BCUT2D eigenvalue weighted by molar-refractivity contribution is 9.10. The summed E-state index contributed by atoms with van der Waals surface area (Å²) in [5, 5.41) is 2.91. The molecule has 6 heteroatoms. The molecule has 2 rings (SSSR count). The lowest BCUT2D eigenvalue weighted by Crippen LogP contribution is -2.46. The van der Waals surface area contributed by atoms with Gasteiger partial charge in [-0.2, -0.15) is 0 Å². The van der Waals surface area contributed by atoms with Gasteiger partial charge in [0.15, 0.2) is 0 Å². The van der Waals surface area contributed by atoms with E-state index >= 15 is 0 Å². The first kappa shape index (κ1) is 15.8. The molecule has 1 aliphatic rings. The second-order valence-corrected chi connectivity index (χ2v) is 6.35. The number of halogens is 1. The number of hydrogen-bond acceptors (Lipinski definition) is 3. The minimum atomic E-state index is -0.0182. The van der Waals surface area contributed by atoms with Gasteiger partial charge in [-0.3, -0.25) is 9.59 Å². The highest BCUT2D eigenvalue weighted by Crippen LogP contribution is 2.25. The van der Waals surface area contributed by atoms with Crippen molar-refractivity contribution in [3.63, 3.8) is 0 Å². The monoisotopic (exact) mass is 353 g/mol. The van der Waals surface area contributed by atoms with Crippen LogP contribution in [0.5, 0.6) is 0 Å². The predicted molar refractivity (Wildman–Crippen MR) is 86.0 cm³/mol. The molecule has 1 fully saturated rings. The van der Waals surface area contributed by atoms with Crippen molar-refractivity contribution in [1.82, 2.24) is 10.2 Å². The maximum absolute atomic E-state index is 12.6. The van der Waals surface area contributed by atoms with Crippen LogP contribution in [0.1, 0.15) is 35.7 Å². The van der Waals surface area contributed by atoms with Gasteiger partial charge in [-0.1, -0.05) is 15.9 Å². The fourth-order valence-corrected chi connectivity index (χ4v) is 3.08. The standard InChI is InChI=1S/C15H20BrN3O2/c1-9-13(7-11(16)8-14(9)17)15(21)19-5-3-12(4-6-19)18-10(2)20/h7-8,12H,3-6,17H2,1-2H3,(H,18,20). The number of hydrogen-bond donors (Lipinski definition) is 2. The van der Waals surface area contributed by atoms with E-state index in [0.29, 0.717) is 24.3 Å². The molecule has 0 spiro atoms. The summed E-state index contributed by atoms with van der Waals surface area (Å²) in [6.07, 6.45) is 1.57. The van der Waals surface area contributed by atoms with Crippen LogP contribution >= 0.6 is 15.9 Å². The lowest BCUT2D eigenvalue weighted by Gasteiger charge is -2.32. The Balaban J connectivity index is 2.07. The van der Waals surface area contributed by atoms with Gasteiger partial charge in [0, 0.05) is 41.8 Å². The molecule has 1 heterocycles. The van der Waals surface area contributed by atoms with E-state index in [2.05, 4.69) is 21.2 Å². The lowest BCUT2D eigenvalue weighted by molar-refractivity contribution is -0.119. The number of rotatable bonds is 2. The molecular formula is C15H20BrN3O2. The van der Waals surface area contributed by atoms with E-state index in [1.165, 1.54) is 6.92 Å². The minimum Gasteiger partial charge on any atom is -0.398 e. The molecular weight excluding hydrogens is 334 g/mol. The molecule has 1 saturated heterocycles. The van der Waals surface area contributed by atoms with Gasteiger partial charge in [0.25, 0.3) is 5.91 Å². The number of benzene rings is 1. The number of anilines is 1. The molecule has 1 aromatic carbocycles. The van der Waals surface area contributed by atoms with Crippen LogP contribution in [0, 0.1) is 6.92 Å². The predicted octanol–water partition coefficient (Wildman–Crippen LogP) is 2.08. The molecule has 21 heavy (non-hydrogen) atoms. The number of piperidine rings is 1. The van der Waals surface area contributed by atoms with Crippen molar-refractivity contribution in [1.29, 1.82) is 0 Å². The first-order valence-electron chi connectivity index (χ1n) is 7.00. The third-order valence-electron chi connectivity index (χ3n) is 3.83. The molecule has 0 atom stereocenters. The molecule has 0 bridgehead atoms. The first-order valence-corrected chi connectivity index (χ1v) is 7.79. The Morgan fingerprint density at radius 2 is 1.95 bits per heavy atom. The molecule has 2 amide bonds.